The van der Waals surface area contributed by atoms with Crippen LogP contribution in [0.1, 0.15) is 65.9 Å². The zero-order chi connectivity index (χ0) is 21.3. The molecule has 0 saturated heterocycles. The summed E-state index contributed by atoms with van der Waals surface area (Å²) in [6, 6.07) is 7.68. The highest BCUT2D eigenvalue weighted by atomic mass is 16.5. The SMILES string of the molecule is CCOC(=O)C1C(C)=NC2=C(C(=O)CC(C)(C)C2)[C@@H]1c1ccccc1OC(C)C. The van der Waals surface area contributed by atoms with Crippen LogP contribution in [0.25, 0.3) is 0 Å². The summed E-state index contributed by atoms with van der Waals surface area (Å²) < 4.78 is 11.4. The van der Waals surface area contributed by atoms with E-state index in [-0.39, 0.29) is 29.9 Å². The van der Waals surface area contributed by atoms with Gasteiger partial charge in [0.2, 0.25) is 0 Å². The van der Waals surface area contributed by atoms with Crippen LogP contribution in [0, 0.1) is 11.3 Å². The van der Waals surface area contributed by atoms with Gasteiger partial charge in [-0.25, -0.2) is 0 Å². The van der Waals surface area contributed by atoms with E-state index in [9.17, 15) is 9.59 Å². The summed E-state index contributed by atoms with van der Waals surface area (Å²) in [6.45, 7) is 12.0. The highest BCUT2D eigenvalue weighted by molar-refractivity contribution is 6.09. The van der Waals surface area contributed by atoms with Gasteiger partial charge in [-0.15, -0.1) is 0 Å². The Kier molecular flexibility index (Phi) is 5.97. The molecule has 0 aromatic heterocycles. The third kappa shape index (κ3) is 4.29. The number of carbonyl (C=O) groups excluding carboxylic acids is 2. The Hall–Kier alpha value is -2.43. The molecule has 1 aliphatic carbocycles. The van der Waals surface area contributed by atoms with Gasteiger partial charge in [0.1, 0.15) is 11.7 Å². The summed E-state index contributed by atoms with van der Waals surface area (Å²) in [5.74, 6) is -0.662. The molecule has 0 fully saturated rings. The van der Waals surface area contributed by atoms with Crippen LogP contribution in [-0.2, 0) is 14.3 Å². The summed E-state index contributed by atoms with van der Waals surface area (Å²) in [7, 11) is 0. The van der Waals surface area contributed by atoms with E-state index in [1.54, 1.807) is 6.92 Å². The molecule has 1 aromatic rings. The number of ether oxygens (including phenoxy) is 2. The smallest absolute Gasteiger partial charge is 0.315 e. The van der Waals surface area contributed by atoms with E-state index in [0.717, 1.165) is 11.3 Å². The van der Waals surface area contributed by atoms with Gasteiger partial charge in [0.05, 0.1) is 12.7 Å². The fourth-order valence-electron chi connectivity index (χ4n) is 4.42. The third-order valence-corrected chi connectivity index (χ3v) is 5.46. The molecule has 1 aromatic carbocycles. The number of Topliss-reactive ketones (excluding diaryl/α,β-unsaturated/α-hetero) is 1. The summed E-state index contributed by atoms with van der Waals surface area (Å²) in [6.07, 6.45) is 1.13. The van der Waals surface area contributed by atoms with Gasteiger partial charge in [-0.1, -0.05) is 32.0 Å². The van der Waals surface area contributed by atoms with Crippen LogP contribution in [0.5, 0.6) is 5.75 Å². The first-order chi connectivity index (χ1) is 13.6. The predicted molar refractivity (Wildman–Crippen MR) is 113 cm³/mol. The average molecular weight is 398 g/mol. The first-order valence-electron chi connectivity index (χ1n) is 10.4. The van der Waals surface area contributed by atoms with Crippen molar-refractivity contribution in [3.05, 3.63) is 41.1 Å². The number of allylic oxidation sites excluding steroid dienone is 2. The lowest BCUT2D eigenvalue weighted by atomic mass is 9.66. The molecular formula is C24H31NO4. The molecule has 2 aliphatic rings. The van der Waals surface area contributed by atoms with Gasteiger partial charge in [-0.05, 0) is 45.6 Å². The Morgan fingerprint density at radius 2 is 1.93 bits per heavy atom. The number of esters is 1. The van der Waals surface area contributed by atoms with Crippen LogP contribution in [-0.4, -0.2) is 30.2 Å². The number of hydrogen-bond donors (Lipinski definition) is 0. The maximum absolute atomic E-state index is 13.3. The van der Waals surface area contributed by atoms with Crippen molar-refractivity contribution < 1.29 is 19.1 Å². The van der Waals surface area contributed by atoms with E-state index in [4.69, 9.17) is 14.5 Å². The molecule has 29 heavy (non-hydrogen) atoms. The fourth-order valence-corrected chi connectivity index (χ4v) is 4.42. The van der Waals surface area contributed by atoms with Gasteiger partial charge in [-0.2, -0.15) is 0 Å². The summed E-state index contributed by atoms with van der Waals surface area (Å²) >= 11 is 0. The van der Waals surface area contributed by atoms with E-state index in [2.05, 4.69) is 13.8 Å². The second-order valence-electron chi connectivity index (χ2n) is 8.97. The molecule has 5 heteroatoms. The van der Waals surface area contributed by atoms with Crippen molar-refractivity contribution in [3.8, 4) is 5.75 Å². The van der Waals surface area contributed by atoms with Crippen molar-refractivity contribution in [2.24, 2.45) is 16.3 Å². The van der Waals surface area contributed by atoms with Crippen LogP contribution in [0.3, 0.4) is 0 Å². The Labute approximate surface area is 173 Å². The van der Waals surface area contributed by atoms with E-state index in [0.29, 0.717) is 29.9 Å². The van der Waals surface area contributed by atoms with Crippen LogP contribution < -0.4 is 4.74 Å². The Morgan fingerprint density at radius 3 is 2.59 bits per heavy atom. The van der Waals surface area contributed by atoms with Gasteiger partial charge < -0.3 is 9.47 Å². The highest BCUT2D eigenvalue weighted by Gasteiger charge is 2.46. The molecule has 0 spiro atoms. The maximum Gasteiger partial charge on any atom is 0.315 e. The van der Waals surface area contributed by atoms with Gasteiger partial charge >= 0.3 is 5.97 Å². The van der Waals surface area contributed by atoms with E-state index < -0.39 is 11.8 Å². The fraction of sp³-hybridized carbons (Fsp3) is 0.542. The van der Waals surface area contributed by atoms with E-state index >= 15 is 0 Å². The first kappa shape index (κ1) is 21.3. The van der Waals surface area contributed by atoms with Gasteiger partial charge in [0.15, 0.2) is 5.78 Å². The van der Waals surface area contributed by atoms with Crippen molar-refractivity contribution in [2.75, 3.05) is 6.61 Å². The third-order valence-electron chi connectivity index (χ3n) is 5.46. The minimum Gasteiger partial charge on any atom is -0.491 e. The molecule has 1 aliphatic heterocycles. The number of para-hydroxylation sites is 1. The Balaban J connectivity index is 2.21. The zero-order valence-corrected chi connectivity index (χ0v) is 18.2. The van der Waals surface area contributed by atoms with Crippen LogP contribution in [0.2, 0.25) is 0 Å². The number of hydrogen-bond acceptors (Lipinski definition) is 5. The molecule has 5 nitrogen and oxygen atoms in total. The van der Waals surface area contributed by atoms with Crippen molar-refractivity contribution in [1.29, 1.82) is 0 Å². The normalized spacial score (nSPS) is 23.6. The number of benzene rings is 1. The zero-order valence-electron chi connectivity index (χ0n) is 18.2. The number of carbonyl (C=O) groups is 2. The van der Waals surface area contributed by atoms with Crippen molar-refractivity contribution >= 4 is 17.5 Å². The minimum atomic E-state index is -0.629. The van der Waals surface area contributed by atoms with Gasteiger partial charge in [0, 0.05) is 34.9 Å². The minimum absolute atomic E-state index is 0.0232. The molecule has 1 heterocycles. The molecule has 156 valence electrons. The molecule has 1 unspecified atom stereocenters. The largest absolute Gasteiger partial charge is 0.491 e. The Bertz CT molecular complexity index is 879. The predicted octanol–water partition coefficient (Wildman–Crippen LogP) is 4.85. The molecule has 2 atom stereocenters. The lowest BCUT2D eigenvalue weighted by Crippen LogP contribution is -2.39. The molecule has 0 N–H and O–H groups in total. The summed E-state index contributed by atoms with van der Waals surface area (Å²) in [5.41, 5.74) is 2.84. The molecule has 0 amide bonds. The van der Waals surface area contributed by atoms with E-state index in [1.807, 2.05) is 45.0 Å². The molecule has 0 radical (unpaired) electrons. The number of ketones is 1. The quantitative estimate of drug-likeness (QED) is 0.666. The number of nitrogens with zero attached hydrogens (tertiary/aromatic N) is 1. The summed E-state index contributed by atoms with van der Waals surface area (Å²) in [5, 5.41) is 0. The Morgan fingerprint density at radius 1 is 1.24 bits per heavy atom. The molecule has 0 bridgehead atoms. The lowest BCUT2D eigenvalue weighted by molar-refractivity contribution is -0.146. The van der Waals surface area contributed by atoms with E-state index in [1.165, 1.54) is 0 Å². The standard InChI is InChI=1S/C24H31NO4/c1-7-28-23(27)20-15(4)25-17-12-24(5,6)13-18(26)22(17)21(20)16-10-8-9-11-19(16)29-14(2)3/h8-11,14,20-21H,7,12-13H2,1-6H3/t20?,21-/m1/s1. The summed E-state index contributed by atoms with van der Waals surface area (Å²) in [4.78, 5) is 31.0. The maximum atomic E-state index is 13.3. The second-order valence-corrected chi connectivity index (χ2v) is 8.97. The molecular weight excluding hydrogens is 366 g/mol. The van der Waals surface area contributed by atoms with Crippen LogP contribution in [0.4, 0.5) is 0 Å². The van der Waals surface area contributed by atoms with Gasteiger partial charge in [-0.3, -0.25) is 14.6 Å². The van der Waals surface area contributed by atoms with Crippen molar-refractivity contribution in [1.82, 2.24) is 0 Å². The monoisotopic (exact) mass is 397 g/mol. The molecule has 0 saturated carbocycles. The average Bonchev–Trinajstić information content (AvgIpc) is 2.59. The van der Waals surface area contributed by atoms with Crippen LogP contribution >= 0.6 is 0 Å². The highest BCUT2D eigenvalue weighted by Crippen LogP contribution is 2.49. The first-order valence-corrected chi connectivity index (χ1v) is 10.4. The number of aliphatic imine (C=N–C) groups is 1. The lowest BCUT2D eigenvalue weighted by Gasteiger charge is -2.39. The molecule has 3 rings (SSSR count). The topological polar surface area (TPSA) is 65.0 Å². The van der Waals surface area contributed by atoms with Crippen molar-refractivity contribution in [2.45, 2.75) is 66.4 Å². The second kappa shape index (κ2) is 8.13. The van der Waals surface area contributed by atoms with Crippen LogP contribution in [0.15, 0.2) is 40.5 Å². The van der Waals surface area contributed by atoms with Crippen molar-refractivity contribution in [3.63, 3.8) is 0 Å². The van der Waals surface area contributed by atoms with Gasteiger partial charge in [0.25, 0.3) is 0 Å². The number of rotatable bonds is 5.